The maximum atomic E-state index is 13.3. The SMILES string of the molecule is CCN1CCCC[C@@H]1C(=O)NC1CCN(Cc2cc(F)cc(F)c2)CC1. The molecule has 1 N–H and O–H groups in total. The maximum Gasteiger partial charge on any atom is 0.237 e. The number of benzene rings is 1. The Morgan fingerprint density at radius 2 is 1.77 bits per heavy atom. The molecule has 2 heterocycles. The molecule has 1 amide bonds. The van der Waals surface area contributed by atoms with Crippen LogP contribution in [-0.2, 0) is 11.3 Å². The molecule has 2 aliphatic heterocycles. The molecule has 26 heavy (non-hydrogen) atoms. The number of halogens is 2. The molecule has 2 aliphatic rings. The number of carbonyl (C=O) groups is 1. The molecule has 2 saturated heterocycles. The van der Waals surface area contributed by atoms with E-state index in [0.717, 1.165) is 57.9 Å². The van der Waals surface area contributed by atoms with Crippen molar-refractivity contribution in [2.45, 2.75) is 57.7 Å². The lowest BCUT2D eigenvalue weighted by molar-refractivity contribution is -0.128. The molecule has 0 unspecified atom stereocenters. The van der Waals surface area contributed by atoms with Crippen LogP contribution in [0.25, 0.3) is 0 Å². The van der Waals surface area contributed by atoms with Crippen molar-refractivity contribution in [1.82, 2.24) is 15.1 Å². The Balaban J connectivity index is 1.46. The van der Waals surface area contributed by atoms with Crippen molar-refractivity contribution in [3.63, 3.8) is 0 Å². The fourth-order valence-electron chi connectivity index (χ4n) is 4.16. The zero-order chi connectivity index (χ0) is 18.5. The molecular weight excluding hydrogens is 336 g/mol. The zero-order valence-electron chi connectivity index (χ0n) is 15.5. The van der Waals surface area contributed by atoms with Gasteiger partial charge in [-0.1, -0.05) is 13.3 Å². The van der Waals surface area contributed by atoms with E-state index in [0.29, 0.717) is 12.1 Å². The van der Waals surface area contributed by atoms with Gasteiger partial charge in [0, 0.05) is 31.7 Å². The van der Waals surface area contributed by atoms with Crippen LogP contribution in [0.1, 0.15) is 44.6 Å². The molecule has 4 nitrogen and oxygen atoms in total. The first-order chi connectivity index (χ1) is 12.5. The molecule has 1 aromatic carbocycles. The molecule has 0 radical (unpaired) electrons. The van der Waals surface area contributed by atoms with Crippen LogP contribution in [0.4, 0.5) is 8.78 Å². The molecule has 0 aromatic heterocycles. The topological polar surface area (TPSA) is 35.6 Å². The van der Waals surface area contributed by atoms with E-state index >= 15 is 0 Å². The average molecular weight is 365 g/mol. The summed E-state index contributed by atoms with van der Waals surface area (Å²) in [5.74, 6) is -0.901. The molecule has 144 valence electrons. The lowest BCUT2D eigenvalue weighted by Crippen LogP contribution is -2.53. The van der Waals surface area contributed by atoms with Crippen molar-refractivity contribution < 1.29 is 13.6 Å². The summed E-state index contributed by atoms with van der Waals surface area (Å²) in [5, 5.41) is 3.23. The molecule has 0 bridgehead atoms. The molecule has 0 spiro atoms. The van der Waals surface area contributed by atoms with Gasteiger partial charge in [0.25, 0.3) is 0 Å². The quantitative estimate of drug-likeness (QED) is 0.872. The fourth-order valence-corrected chi connectivity index (χ4v) is 4.16. The fraction of sp³-hybridized carbons (Fsp3) is 0.650. The Labute approximate surface area is 154 Å². The number of likely N-dealkylation sites (tertiary alicyclic amines) is 2. The number of rotatable bonds is 5. The summed E-state index contributed by atoms with van der Waals surface area (Å²) in [6.45, 7) is 6.23. The summed E-state index contributed by atoms with van der Waals surface area (Å²) in [5.41, 5.74) is 0.658. The molecule has 0 aliphatic carbocycles. The zero-order valence-corrected chi connectivity index (χ0v) is 15.5. The summed E-state index contributed by atoms with van der Waals surface area (Å²) in [6, 6.07) is 3.89. The van der Waals surface area contributed by atoms with Gasteiger partial charge in [-0.05, 0) is 56.5 Å². The van der Waals surface area contributed by atoms with Crippen LogP contribution in [-0.4, -0.2) is 54.0 Å². The molecule has 1 aromatic rings. The Bertz CT molecular complexity index is 597. The highest BCUT2D eigenvalue weighted by Gasteiger charge is 2.29. The number of hydrogen-bond acceptors (Lipinski definition) is 3. The molecule has 2 fully saturated rings. The summed E-state index contributed by atoms with van der Waals surface area (Å²) < 4.78 is 26.6. The molecule has 0 saturated carbocycles. The van der Waals surface area contributed by atoms with E-state index in [2.05, 4.69) is 22.0 Å². The van der Waals surface area contributed by atoms with Crippen molar-refractivity contribution in [2.75, 3.05) is 26.2 Å². The van der Waals surface area contributed by atoms with Gasteiger partial charge in [-0.3, -0.25) is 14.6 Å². The minimum absolute atomic E-state index is 0.0158. The van der Waals surface area contributed by atoms with E-state index in [1.807, 2.05) is 0 Å². The van der Waals surface area contributed by atoms with Gasteiger partial charge in [0.15, 0.2) is 0 Å². The third kappa shape index (κ3) is 5.01. The van der Waals surface area contributed by atoms with Crippen LogP contribution in [0.15, 0.2) is 18.2 Å². The van der Waals surface area contributed by atoms with Crippen molar-refractivity contribution >= 4 is 5.91 Å². The lowest BCUT2D eigenvalue weighted by Gasteiger charge is -2.37. The lowest BCUT2D eigenvalue weighted by atomic mass is 9.99. The highest BCUT2D eigenvalue weighted by Crippen LogP contribution is 2.19. The first-order valence-corrected chi connectivity index (χ1v) is 9.77. The number of carbonyl (C=O) groups excluding carboxylic acids is 1. The molecular formula is C20H29F2N3O. The van der Waals surface area contributed by atoms with E-state index in [9.17, 15) is 13.6 Å². The van der Waals surface area contributed by atoms with Crippen LogP contribution in [0, 0.1) is 11.6 Å². The average Bonchev–Trinajstić information content (AvgIpc) is 2.62. The first kappa shape index (κ1) is 19.2. The normalized spacial score (nSPS) is 23.1. The van der Waals surface area contributed by atoms with Gasteiger partial charge in [-0.15, -0.1) is 0 Å². The van der Waals surface area contributed by atoms with E-state index in [1.54, 1.807) is 0 Å². The van der Waals surface area contributed by atoms with Gasteiger partial charge < -0.3 is 5.32 Å². The minimum Gasteiger partial charge on any atom is -0.352 e. The van der Waals surface area contributed by atoms with E-state index < -0.39 is 11.6 Å². The van der Waals surface area contributed by atoms with Crippen molar-refractivity contribution in [2.24, 2.45) is 0 Å². The second-order valence-electron chi connectivity index (χ2n) is 7.48. The van der Waals surface area contributed by atoms with Gasteiger partial charge in [0.1, 0.15) is 11.6 Å². The number of piperidine rings is 2. The van der Waals surface area contributed by atoms with Crippen molar-refractivity contribution in [3.8, 4) is 0 Å². The van der Waals surface area contributed by atoms with Crippen LogP contribution < -0.4 is 5.32 Å². The largest absolute Gasteiger partial charge is 0.352 e. The Kier molecular flexibility index (Phi) is 6.59. The smallest absolute Gasteiger partial charge is 0.237 e. The molecule has 6 heteroatoms. The van der Waals surface area contributed by atoms with E-state index in [4.69, 9.17) is 0 Å². The minimum atomic E-state index is -0.532. The molecule has 1 atom stereocenters. The number of likely N-dealkylation sites (N-methyl/N-ethyl adjacent to an activating group) is 1. The number of hydrogen-bond donors (Lipinski definition) is 1. The first-order valence-electron chi connectivity index (χ1n) is 9.77. The maximum absolute atomic E-state index is 13.3. The summed E-state index contributed by atoms with van der Waals surface area (Å²) in [4.78, 5) is 17.1. The van der Waals surface area contributed by atoms with Gasteiger partial charge in [0.05, 0.1) is 6.04 Å². The van der Waals surface area contributed by atoms with Gasteiger partial charge in [-0.2, -0.15) is 0 Å². The number of nitrogens with one attached hydrogen (secondary N) is 1. The molecule has 3 rings (SSSR count). The standard InChI is InChI=1S/C20H29F2N3O/c1-2-25-8-4-3-5-19(25)20(26)23-18-6-9-24(10-7-18)14-15-11-16(21)13-17(22)12-15/h11-13,18-19H,2-10,14H2,1H3,(H,23,26)/t19-/m1/s1. The summed E-state index contributed by atoms with van der Waals surface area (Å²) in [6.07, 6.45) is 5.00. The predicted octanol–water partition coefficient (Wildman–Crippen LogP) is 2.92. The van der Waals surface area contributed by atoms with Crippen LogP contribution in [0.3, 0.4) is 0 Å². The Morgan fingerprint density at radius 1 is 1.08 bits per heavy atom. The van der Waals surface area contributed by atoms with Crippen molar-refractivity contribution in [1.29, 1.82) is 0 Å². The summed E-state index contributed by atoms with van der Waals surface area (Å²) in [7, 11) is 0. The van der Waals surface area contributed by atoms with Gasteiger partial charge in [-0.25, -0.2) is 8.78 Å². The van der Waals surface area contributed by atoms with Gasteiger partial charge in [0.2, 0.25) is 5.91 Å². The second kappa shape index (κ2) is 8.91. The highest BCUT2D eigenvalue weighted by molar-refractivity contribution is 5.82. The van der Waals surface area contributed by atoms with Crippen molar-refractivity contribution in [3.05, 3.63) is 35.4 Å². The van der Waals surface area contributed by atoms with E-state index in [-0.39, 0.29) is 18.0 Å². The van der Waals surface area contributed by atoms with Crippen LogP contribution >= 0.6 is 0 Å². The second-order valence-corrected chi connectivity index (χ2v) is 7.48. The summed E-state index contributed by atoms with van der Waals surface area (Å²) >= 11 is 0. The number of nitrogens with zero attached hydrogens (tertiary/aromatic N) is 2. The number of amides is 1. The van der Waals surface area contributed by atoms with Crippen LogP contribution in [0.5, 0.6) is 0 Å². The Hall–Kier alpha value is -1.53. The predicted molar refractivity (Wildman–Crippen MR) is 97.7 cm³/mol. The third-order valence-electron chi connectivity index (χ3n) is 5.58. The third-order valence-corrected chi connectivity index (χ3v) is 5.58. The highest BCUT2D eigenvalue weighted by atomic mass is 19.1. The monoisotopic (exact) mass is 365 g/mol. The Morgan fingerprint density at radius 3 is 2.42 bits per heavy atom. The van der Waals surface area contributed by atoms with Crippen LogP contribution in [0.2, 0.25) is 0 Å². The van der Waals surface area contributed by atoms with Gasteiger partial charge >= 0.3 is 0 Å². The van der Waals surface area contributed by atoms with E-state index in [1.165, 1.54) is 18.6 Å².